The molecule has 232 valence electrons. The lowest BCUT2D eigenvalue weighted by atomic mass is 9.98. The van der Waals surface area contributed by atoms with Gasteiger partial charge < -0.3 is 18.6 Å². The quantitative estimate of drug-likeness (QED) is 0.164. The second kappa shape index (κ2) is 12.7. The zero-order valence-electron chi connectivity index (χ0n) is 26.1. The third kappa shape index (κ3) is 5.98. The van der Waals surface area contributed by atoms with Crippen molar-refractivity contribution in [1.29, 1.82) is 0 Å². The molecule has 0 aliphatic carbocycles. The maximum absolute atomic E-state index is 16.4. The first-order chi connectivity index (χ1) is 21.0. The van der Waals surface area contributed by atoms with Gasteiger partial charge in [-0.05, 0) is 35.3 Å². The Morgan fingerprint density at radius 1 is 1.00 bits per heavy atom. The molecule has 0 bridgehead atoms. The van der Waals surface area contributed by atoms with Crippen LogP contribution in [0.25, 0.3) is 0 Å². The van der Waals surface area contributed by atoms with Gasteiger partial charge in [0.25, 0.3) is 8.32 Å². The minimum absolute atomic E-state index is 0.0132. The Kier molecular flexibility index (Phi) is 9.15. The fourth-order valence-corrected chi connectivity index (χ4v) is 11.0. The lowest BCUT2D eigenvalue weighted by Crippen LogP contribution is -2.66. The van der Waals surface area contributed by atoms with Gasteiger partial charge in [-0.25, -0.2) is 13.8 Å². The molecule has 44 heavy (non-hydrogen) atoms. The first-order valence-corrected chi connectivity index (χ1v) is 16.8. The number of nitrogens with zero attached hydrogens (tertiary/aromatic N) is 4. The van der Waals surface area contributed by atoms with E-state index in [4.69, 9.17) is 9.16 Å². The monoisotopic (exact) mass is 618 g/mol. The van der Waals surface area contributed by atoms with Gasteiger partial charge in [0.05, 0.1) is 36.5 Å². The molecule has 0 amide bonds. The summed E-state index contributed by atoms with van der Waals surface area (Å²) in [6.45, 7) is 11.1. The number of nitroso groups, excluding NO2 is 1. The predicted molar refractivity (Wildman–Crippen MR) is 172 cm³/mol. The standard InChI is InChI=1S/C34H40F2N4O3Si/c1-23-18-40(19-24(2)43-23)33-25(17-28(30(35)31(33)36)32(38-41)29-20-39(6)22-37-29)21-42-44(34(3,4)5,26-13-9-7-10-14-26)27-15-11-8-12-16-27/h7-17,20,22-24,32H,18-19,21H2,1-6H3/t23-,24+,32?. The van der Waals surface area contributed by atoms with Gasteiger partial charge in [0.1, 0.15) is 0 Å². The maximum atomic E-state index is 16.4. The molecule has 3 aromatic carbocycles. The van der Waals surface area contributed by atoms with Crippen LogP contribution in [0, 0.1) is 16.5 Å². The number of morpholine rings is 1. The van der Waals surface area contributed by atoms with Crippen LogP contribution >= 0.6 is 0 Å². The number of rotatable bonds is 9. The molecular weight excluding hydrogens is 578 g/mol. The average molecular weight is 619 g/mol. The molecule has 5 rings (SSSR count). The summed E-state index contributed by atoms with van der Waals surface area (Å²) in [5.74, 6) is -2.15. The summed E-state index contributed by atoms with van der Waals surface area (Å²) >= 11 is 0. The molecule has 2 heterocycles. The summed E-state index contributed by atoms with van der Waals surface area (Å²) in [7, 11) is -1.30. The van der Waals surface area contributed by atoms with Crippen LogP contribution in [0.5, 0.6) is 0 Å². The van der Waals surface area contributed by atoms with Crippen LogP contribution in [0.2, 0.25) is 5.04 Å². The molecule has 0 saturated carbocycles. The van der Waals surface area contributed by atoms with Crippen LogP contribution in [0.15, 0.2) is 84.4 Å². The topological polar surface area (TPSA) is 69.0 Å². The lowest BCUT2D eigenvalue weighted by molar-refractivity contribution is -0.00553. The van der Waals surface area contributed by atoms with Crippen molar-refractivity contribution in [1.82, 2.24) is 9.55 Å². The van der Waals surface area contributed by atoms with Crippen LogP contribution < -0.4 is 15.3 Å². The Morgan fingerprint density at radius 3 is 2.05 bits per heavy atom. The van der Waals surface area contributed by atoms with Gasteiger partial charge in [0.2, 0.25) is 0 Å². The van der Waals surface area contributed by atoms with E-state index in [-0.39, 0.29) is 40.8 Å². The van der Waals surface area contributed by atoms with Crippen molar-refractivity contribution in [2.75, 3.05) is 18.0 Å². The molecule has 3 atom stereocenters. The van der Waals surface area contributed by atoms with Gasteiger partial charge in [-0.15, -0.1) is 4.91 Å². The van der Waals surface area contributed by atoms with Crippen molar-refractivity contribution in [3.05, 3.63) is 113 Å². The van der Waals surface area contributed by atoms with Crippen molar-refractivity contribution in [3.63, 3.8) is 0 Å². The molecule has 1 fully saturated rings. The summed E-state index contributed by atoms with van der Waals surface area (Å²) in [6, 6.07) is 20.5. The van der Waals surface area contributed by atoms with E-state index in [2.05, 4.69) is 55.2 Å². The van der Waals surface area contributed by atoms with Crippen molar-refractivity contribution in [3.8, 4) is 0 Å². The van der Waals surface area contributed by atoms with E-state index >= 15 is 8.78 Å². The van der Waals surface area contributed by atoms with Gasteiger partial charge in [0.15, 0.2) is 17.7 Å². The second-order valence-corrected chi connectivity index (χ2v) is 17.0. The number of aromatic nitrogens is 2. The number of ether oxygens (including phenoxy) is 1. The number of halogens is 2. The van der Waals surface area contributed by atoms with Gasteiger partial charge in [-0.1, -0.05) is 86.6 Å². The highest BCUT2D eigenvalue weighted by molar-refractivity contribution is 6.99. The zero-order valence-corrected chi connectivity index (χ0v) is 27.1. The van der Waals surface area contributed by atoms with Crippen LogP contribution in [0.1, 0.15) is 57.5 Å². The van der Waals surface area contributed by atoms with Gasteiger partial charge >= 0.3 is 0 Å². The number of hydrogen-bond donors (Lipinski definition) is 0. The highest BCUT2D eigenvalue weighted by atomic mass is 28.4. The number of imidazole rings is 1. The number of benzene rings is 3. The van der Waals surface area contributed by atoms with E-state index < -0.39 is 26.0 Å². The van der Waals surface area contributed by atoms with Crippen molar-refractivity contribution in [2.45, 2.75) is 64.5 Å². The van der Waals surface area contributed by atoms with Crippen molar-refractivity contribution >= 4 is 24.4 Å². The third-order valence-electron chi connectivity index (χ3n) is 8.29. The first kappa shape index (κ1) is 31.7. The molecule has 0 spiro atoms. The smallest absolute Gasteiger partial charge is 0.261 e. The summed E-state index contributed by atoms with van der Waals surface area (Å²) in [6.07, 6.45) is 2.70. The van der Waals surface area contributed by atoms with E-state index in [1.165, 1.54) is 12.4 Å². The molecule has 7 nitrogen and oxygen atoms in total. The van der Waals surface area contributed by atoms with Crippen molar-refractivity contribution in [2.24, 2.45) is 12.2 Å². The lowest BCUT2D eigenvalue weighted by Gasteiger charge is -2.43. The first-order valence-electron chi connectivity index (χ1n) is 14.9. The van der Waals surface area contributed by atoms with E-state index in [0.717, 1.165) is 10.4 Å². The maximum Gasteiger partial charge on any atom is 0.261 e. The molecular formula is C34H40F2N4O3Si. The van der Waals surface area contributed by atoms with Crippen LogP contribution in [-0.4, -0.2) is 43.2 Å². The minimum atomic E-state index is -3.04. The van der Waals surface area contributed by atoms with E-state index in [0.29, 0.717) is 18.7 Å². The second-order valence-electron chi connectivity index (χ2n) is 12.7. The number of hydrogen-bond acceptors (Lipinski definition) is 6. The molecule has 0 N–H and O–H groups in total. The average Bonchev–Trinajstić information content (AvgIpc) is 3.41. The SMILES string of the molecule is C[C@@H]1CN(c2c(CO[Si](c3ccccc3)(c3ccccc3)C(C)(C)C)cc(C(N=O)c3cn(C)cn3)c(F)c2F)C[C@H](C)O1. The minimum Gasteiger partial charge on any atom is -0.403 e. The molecule has 1 aliphatic rings. The van der Waals surface area contributed by atoms with Crippen LogP contribution in [0.3, 0.4) is 0 Å². The molecule has 1 saturated heterocycles. The number of anilines is 1. The molecule has 10 heteroatoms. The van der Waals surface area contributed by atoms with Crippen molar-refractivity contribution < 1.29 is 17.9 Å². The Hall–Kier alpha value is -3.73. The Bertz CT molecular complexity index is 1540. The van der Waals surface area contributed by atoms with Crippen LogP contribution in [-0.2, 0) is 22.8 Å². The normalized spacial score (nSPS) is 18.3. The predicted octanol–water partition coefficient (Wildman–Crippen LogP) is 6.24. The molecule has 1 unspecified atom stereocenters. The summed E-state index contributed by atoms with van der Waals surface area (Å²) < 4.78 is 47.1. The fourth-order valence-electron chi connectivity index (χ4n) is 6.49. The van der Waals surface area contributed by atoms with Gasteiger partial charge in [0, 0.05) is 37.5 Å². The highest BCUT2D eigenvalue weighted by Crippen LogP contribution is 2.40. The Labute approximate surface area is 258 Å². The van der Waals surface area contributed by atoms with E-state index in [9.17, 15) is 4.91 Å². The third-order valence-corrected chi connectivity index (χ3v) is 13.3. The molecule has 4 aromatic rings. The largest absolute Gasteiger partial charge is 0.403 e. The summed E-state index contributed by atoms with van der Waals surface area (Å²) in [5.41, 5.74) is 0.631. The summed E-state index contributed by atoms with van der Waals surface area (Å²) in [4.78, 5) is 18.2. The molecule has 1 aromatic heterocycles. The highest BCUT2D eigenvalue weighted by Gasteiger charge is 2.50. The van der Waals surface area contributed by atoms with Gasteiger partial charge in [-0.2, -0.15) is 0 Å². The van der Waals surface area contributed by atoms with Crippen LogP contribution in [0.4, 0.5) is 14.5 Å². The fraction of sp³-hybridized carbons (Fsp3) is 0.382. The molecule has 0 radical (unpaired) electrons. The number of aryl methyl sites for hydroxylation is 1. The van der Waals surface area contributed by atoms with Gasteiger partial charge in [-0.3, -0.25) is 0 Å². The molecule has 1 aliphatic heterocycles. The Morgan fingerprint density at radius 2 is 1.57 bits per heavy atom. The summed E-state index contributed by atoms with van der Waals surface area (Å²) in [5, 5.41) is 5.00. The van der Waals surface area contributed by atoms with E-state index in [1.807, 2.05) is 55.1 Å². The Balaban J connectivity index is 1.69. The zero-order chi connectivity index (χ0) is 31.6. The van der Waals surface area contributed by atoms with E-state index in [1.54, 1.807) is 17.8 Å².